The van der Waals surface area contributed by atoms with Crippen molar-refractivity contribution in [3.63, 3.8) is 0 Å². The molecule has 6 rings (SSSR count). The number of aryl methyl sites for hydroxylation is 1. The molecule has 0 aliphatic rings. The van der Waals surface area contributed by atoms with E-state index in [0.29, 0.717) is 0 Å². The SMILES string of the molecule is Cc1ccc(-n2c3cc4ccccc4cc3c3cc4ccccc4cc32)cc1. The van der Waals surface area contributed by atoms with Crippen LogP contribution < -0.4 is 0 Å². The highest BCUT2D eigenvalue weighted by molar-refractivity contribution is 6.16. The van der Waals surface area contributed by atoms with Crippen LogP contribution in [0.3, 0.4) is 0 Å². The van der Waals surface area contributed by atoms with Crippen molar-refractivity contribution < 1.29 is 0 Å². The molecule has 0 amide bonds. The van der Waals surface area contributed by atoms with Gasteiger partial charge < -0.3 is 4.57 Å². The van der Waals surface area contributed by atoms with Crippen LogP contribution in [0.25, 0.3) is 49.0 Å². The highest BCUT2D eigenvalue weighted by Gasteiger charge is 2.14. The maximum Gasteiger partial charge on any atom is 0.0547 e. The number of nitrogens with zero attached hydrogens (tertiary/aromatic N) is 1. The predicted octanol–water partition coefficient (Wildman–Crippen LogP) is 7.40. The molecule has 1 nitrogen and oxygen atoms in total. The van der Waals surface area contributed by atoms with Crippen LogP contribution in [0.2, 0.25) is 0 Å². The molecule has 0 atom stereocenters. The minimum absolute atomic E-state index is 1.20. The Bertz CT molecular complexity index is 1410. The fourth-order valence-corrected chi connectivity index (χ4v) is 4.36. The van der Waals surface area contributed by atoms with Crippen molar-refractivity contribution in [2.24, 2.45) is 0 Å². The molecular formula is C27H19N. The molecule has 0 unspecified atom stereocenters. The highest BCUT2D eigenvalue weighted by Crippen LogP contribution is 2.36. The minimum Gasteiger partial charge on any atom is -0.309 e. The van der Waals surface area contributed by atoms with Gasteiger partial charge in [0.15, 0.2) is 0 Å². The van der Waals surface area contributed by atoms with E-state index in [1.807, 2.05) is 0 Å². The van der Waals surface area contributed by atoms with Crippen LogP contribution >= 0.6 is 0 Å². The van der Waals surface area contributed by atoms with Crippen LogP contribution in [0.4, 0.5) is 0 Å². The summed E-state index contributed by atoms with van der Waals surface area (Å²) in [7, 11) is 0. The van der Waals surface area contributed by atoms with Crippen LogP contribution in [0.5, 0.6) is 0 Å². The molecular weight excluding hydrogens is 338 g/mol. The smallest absolute Gasteiger partial charge is 0.0547 e. The Morgan fingerprint density at radius 1 is 0.500 bits per heavy atom. The lowest BCUT2D eigenvalue weighted by atomic mass is 10.0. The van der Waals surface area contributed by atoms with Gasteiger partial charge in [0.25, 0.3) is 0 Å². The minimum atomic E-state index is 1.20. The zero-order valence-corrected chi connectivity index (χ0v) is 15.7. The van der Waals surface area contributed by atoms with E-state index in [-0.39, 0.29) is 0 Å². The molecule has 5 aromatic carbocycles. The summed E-state index contributed by atoms with van der Waals surface area (Å²) in [5.41, 5.74) is 5.00. The molecule has 0 aliphatic carbocycles. The maximum atomic E-state index is 2.41. The van der Waals surface area contributed by atoms with Crippen molar-refractivity contribution in [1.29, 1.82) is 0 Å². The van der Waals surface area contributed by atoms with Gasteiger partial charge in [0.2, 0.25) is 0 Å². The molecule has 1 aromatic heterocycles. The second-order valence-corrected chi connectivity index (χ2v) is 7.60. The third kappa shape index (κ3) is 2.20. The van der Waals surface area contributed by atoms with Crippen LogP contribution in [0, 0.1) is 6.92 Å². The summed E-state index contributed by atoms with van der Waals surface area (Å²) < 4.78 is 2.41. The largest absolute Gasteiger partial charge is 0.309 e. The van der Waals surface area contributed by atoms with E-state index >= 15 is 0 Å². The normalized spacial score (nSPS) is 11.8. The van der Waals surface area contributed by atoms with Crippen molar-refractivity contribution in [2.45, 2.75) is 6.92 Å². The Kier molecular flexibility index (Phi) is 3.15. The zero-order chi connectivity index (χ0) is 18.7. The summed E-state index contributed by atoms with van der Waals surface area (Å²) in [6, 6.07) is 35.4. The van der Waals surface area contributed by atoms with E-state index in [1.165, 1.54) is 54.6 Å². The summed E-state index contributed by atoms with van der Waals surface area (Å²) in [5, 5.41) is 7.73. The Balaban J connectivity index is 1.85. The number of hydrogen-bond acceptors (Lipinski definition) is 0. The fraction of sp³-hybridized carbons (Fsp3) is 0.0370. The van der Waals surface area contributed by atoms with Gasteiger partial charge in [-0.3, -0.25) is 0 Å². The van der Waals surface area contributed by atoms with Gasteiger partial charge in [-0.05, 0) is 64.9 Å². The predicted molar refractivity (Wildman–Crippen MR) is 121 cm³/mol. The summed E-state index contributed by atoms with van der Waals surface area (Å²) in [6.45, 7) is 2.14. The summed E-state index contributed by atoms with van der Waals surface area (Å²) in [4.78, 5) is 0. The topological polar surface area (TPSA) is 4.93 Å². The number of rotatable bonds is 1. The molecule has 0 N–H and O–H groups in total. The quantitative estimate of drug-likeness (QED) is 0.289. The van der Waals surface area contributed by atoms with E-state index in [0.717, 1.165) is 0 Å². The molecule has 28 heavy (non-hydrogen) atoms. The Morgan fingerprint density at radius 3 is 1.39 bits per heavy atom. The summed E-state index contributed by atoms with van der Waals surface area (Å²) in [6.07, 6.45) is 0. The Labute approximate surface area is 163 Å². The Morgan fingerprint density at radius 2 is 0.929 bits per heavy atom. The molecule has 0 radical (unpaired) electrons. The number of hydrogen-bond donors (Lipinski definition) is 0. The van der Waals surface area contributed by atoms with Crippen molar-refractivity contribution in [2.75, 3.05) is 0 Å². The van der Waals surface area contributed by atoms with E-state index in [1.54, 1.807) is 0 Å². The third-order valence-electron chi connectivity index (χ3n) is 5.79. The van der Waals surface area contributed by atoms with Gasteiger partial charge in [0.1, 0.15) is 0 Å². The van der Waals surface area contributed by atoms with Gasteiger partial charge in [-0.15, -0.1) is 0 Å². The molecule has 0 aliphatic heterocycles. The molecule has 1 heteroatoms. The van der Waals surface area contributed by atoms with Gasteiger partial charge in [-0.1, -0.05) is 66.2 Å². The maximum absolute atomic E-state index is 2.41. The van der Waals surface area contributed by atoms with E-state index in [4.69, 9.17) is 0 Å². The number of benzene rings is 5. The van der Waals surface area contributed by atoms with E-state index in [9.17, 15) is 0 Å². The number of aromatic nitrogens is 1. The zero-order valence-electron chi connectivity index (χ0n) is 15.7. The fourth-order valence-electron chi connectivity index (χ4n) is 4.36. The molecule has 1 heterocycles. The van der Waals surface area contributed by atoms with Crippen LogP contribution in [-0.2, 0) is 0 Å². The molecule has 0 spiro atoms. The first-order chi connectivity index (χ1) is 13.8. The first-order valence-electron chi connectivity index (χ1n) is 9.71. The van der Waals surface area contributed by atoms with E-state index in [2.05, 4.69) is 109 Å². The van der Waals surface area contributed by atoms with Gasteiger partial charge in [-0.2, -0.15) is 0 Å². The summed E-state index contributed by atoms with van der Waals surface area (Å²) in [5.74, 6) is 0. The van der Waals surface area contributed by atoms with Crippen molar-refractivity contribution in [1.82, 2.24) is 4.57 Å². The van der Waals surface area contributed by atoms with Gasteiger partial charge in [0.05, 0.1) is 11.0 Å². The van der Waals surface area contributed by atoms with Crippen molar-refractivity contribution in [3.8, 4) is 5.69 Å². The standard InChI is InChI=1S/C27H19N/c1-18-10-12-23(13-11-18)28-26-16-21-8-4-2-6-19(21)14-24(26)25-15-20-7-3-5-9-22(20)17-27(25)28/h2-17H,1H3. The molecule has 0 fully saturated rings. The van der Waals surface area contributed by atoms with Crippen molar-refractivity contribution in [3.05, 3.63) is 103 Å². The van der Waals surface area contributed by atoms with Gasteiger partial charge in [-0.25, -0.2) is 0 Å². The first-order valence-corrected chi connectivity index (χ1v) is 9.71. The van der Waals surface area contributed by atoms with Crippen LogP contribution in [0.15, 0.2) is 97.1 Å². The molecule has 0 bridgehead atoms. The van der Waals surface area contributed by atoms with Crippen LogP contribution in [0.1, 0.15) is 5.56 Å². The first kappa shape index (κ1) is 15.5. The lowest BCUT2D eigenvalue weighted by Crippen LogP contribution is -1.93. The molecule has 6 aromatic rings. The number of fused-ring (bicyclic) bond motifs is 5. The molecule has 0 saturated heterocycles. The monoisotopic (exact) mass is 357 g/mol. The average Bonchev–Trinajstić information content (AvgIpc) is 3.03. The lowest BCUT2D eigenvalue weighted by Gasteiger charge is -2.09. The average molecular weight is 357 g/mol. The van der Waals surface area contributed by atoms with Gasteiger partial charge >= 0.3 is 0 Å². The lowest BCUT2D eigenvalue weighted by molar-refractivity contribution is 1.18. The third-order valence-corrected chi connectivity index (χ3v) is 5.79. The van der Waals surface area contributed by atoms with E-state index < -0.39 is 0 Å². The highest BCUT2D eigenvalue weighted by atomic mass is 15.0. The second-order valence-electron chi connectivity index (χ2n) is 7.60. The molecule has 0 saturated carbocycles. The Hall–Kier alpha value is -3.58. The second kappa shape index (κ2) is 5.71. The molecule has 132 valence electrons. The van der Waals surface area contributed by atoms with Crippen LogP contribution in [-0.4, -0.2) is 4.57 Å². The van der Waals surface area contributed by atoms with Gasteiger partial charge in [0, 0.05) is 16.5 Å². The van der Waals surface area contributed by atoms with Crippen molar-refractivity contribution >= 4 is 43.4 Å². The summed E-state index contributed by atoms with van der Waals surface area (Å²) >= 11 is 0.